The lowest BCUT2D eigenvalue weighted by atomic mass is 9.86. The second kappa shape index (κ2) is 4.81. The minimum absolute atomic E-state index is 0.152. The Morgan fingerprint density at radius 2 is 1.95 bits per heavy atom. The van der Waals surface area contributed by atoms with Crippen LogP contribution < -0.4 is 14.9 Å². The fourth-order valence-corrected chi connectivity index (χ4v) is 3.01. The van der Waals surface area contributed by atoms with Crippen molar-refractivity contribution in [3.8, 4) is 11.5 Å². The highest BCUT2D eigenvalue weighted by Gasteiger charge is 2.38. The largest absolute Gasteiger partial charge is 0.497 e. The number of hydrogen-bond acceptors (Lipinski definition) is 4. The molecule has 21 heavy (non-hydrogen) atoms. The van der Waals surface area contributed by atoms with Crippen molar-refractivity contribution < 1.29 is 9.47 Å². The molecule has 2 aromatic rings. The zero-order chi connectivity index (χ0) is 14.2. The van der Waals surface area contributed by atoms with Crippen LogP contribution in [0.3, 0.4) is 0 Å². The van der Waals surface area contributed by atoms with Crippen LogP contribution in [-0.4, -0.2) is 19.4 Å². The van der Waals surface area contributed by atoms with Crippen LogP contribution in [-0.2, 0) is 0 Å². The molecule has 4 heteroatoms. The van der Waals surface area contributed by atoms with Crippen LogP contribution in [0.2, 0.25) is 0 Å². The van der Waals surface area contributed by atoms with E-state index in [1.807, 2.05) is 30.3 Å². The summed E-state index contributed by atoms with van der Waals surface area (Å²) in [7, 11) is 1.68. The molecule has 4 rings (SSSR count). The third-order valence-corrected chi connectivity index (χ3v) is 4.13. The summed E-state index contributed by atoms with van der Waals surface area (Å²) in [6, 6.07) is 16.3. The van der Waals surface area contributed by atoms with E-state index in [1.54, 1.807) is 7.11 Å². The zero-order valence-electron chi connectivity index (χ0n) is 11.7. The minimum Gasteiger partial charge on any atom is -0.497 e. The number of hydrazone groups is 1. The molecular weight excluding hydrogens is 264 g/mol. The molecule has 2 atom stereocenters. The summed E-state index contributed by atoms with van der Waals surface area (Å²) < 4.78 is 11.1. The van der Waals surface area contributed by atoms with Gasteiger partial charge >= 0.3 is 0 Å². The van der Waals surface area contributed by atoms with E-state index in [9.17, 15) is 0 Å². The van der Waals surface area contributed by atoms with Crippen molar-refractivity contribution >= 4 is 5.71 Å². The first kappa shape index (κ1) is 12.3. The van der Waals surface area contributed by atoms with E-state index in [0.717, 1.165) is 22.8 Å². The SMILES string of the molecule is COc1ccc([C@@H]2NN=C3c4ccccc4OC[C@@H]32)cc1. The molecule has 1 N–H and O–H groups in total. The van der Waals surface area contributed by atoms with Gasteiger partial charge in [0.15, 0.2) is 0 Å². The van der Waals surface area contributed by atoms with Gasteiger partial charge in [0.2, 0.25) is 0 Å². The summed E-state index contributed by atoms with van der Waals surface area (Å²) in [4.78, 5) is 0. The highest BCUT2D eigenvalue weighted by atomic mass is 16.5. The fourth-order valence-electron chi connectivity index (χ4n) is 3.01. The van der Waals surface area contributed by atoms with Crippen molar-refractivity contribution in [2.45, 2.75) is 6.04 Å². The number of nitrogens with one attached hydrogen (secondary N) is 1. The molecule has 0 amide bonds. The van der Waals surface area contributed by atoms with Crippen LogP contribution in [0, 0.1) is 5.92 Å². The second-order valence-corrected chi connectivity index (χ2v) is 5.29. The Labute approximate surface area is 123 Å². The maximum absolute atomic E-state index is 5.89. The fraction of sp³-hybridized carbons (Fsp3) is 0.235. The summed E-state index contributed by atoms with van der Waals surface area (Å²) >= 11 is 0. The van der Waals surface area contributed by atoms with Crippen molar-refractivity contribution in [2.75, 3.05) is 13.7 Å². The first-order valence-corrected chi connectivity index (χ1v) is 7.06. The Kier molecular flexibility index (Phi) is 2.81. The number of fused-ring (bicyclic) bond motifs is 3. The molecule has 0 saturated heterocycles. The smallest absolute Gasteiger partial charge is 0.128 e. The number of ether oxygens (including phenoxy) is 2. The van der Waals surface area contributed by atoms with Gasteiger partial charge < -0.3 is 14.9 Å². The van der Waals surface area contributed by atoms with Gasteiger partial charge in [-0.3, -0.25) is 0 Å². The molecule has 0 spiro atoms. The van der Waals surface area contributed by atoms with Gasteiger partial charge in [-0.2, -0.15) is 5.10 Å². The summed E-state index contributed by atoms with van der Waals surface area (Å²) in [6.45, 7) is 0.652. The Balaban J connectivity index is 1.65. The number of hydrogen-bond donors (Lipinski definition) is 1. The first-order chi connectivity index (χ1) is 10.4. The third-order valence-electron chi connectivity index (χ3n) is 4.13. The minimum atomic E-state index is 0.152. The van der Waals surface area contributed by atoms with Crippen LogP contribution in [0.15, 0.2) is 53.6 Å². The number of methoxy groups -OCH3 is 1. The van der Waals surface area contributed by atoms with E-state index in [4.69, 9.17) is 9.47 Å². The average molecular weight is 280 g/mol. The second-order valence-electron chi connectivity index (χ2n) is 5.29. The lowest BCUT2D eigenvalue weighted by Gasteiger charge is -2.26. The molecule has 0 unspecified atom stereocenters. The van der Waals surface area contributed by atoms with Crippen LogP contribution in [0.1, 0.15) is 17.2 Å². The predicted molar refractivity (Wildman–Crippen MR) is 80.8 cm³/mol. The zero-order valence-corrected chi connectivity index (χ0v) is 11.7. The van der Waals surface area contributed by atoms with Gasteiger partial charge in [0.1, 0.15) is 11.5 Å². The van der Waals surface area contributed by atoms with Gasteiger partial charge in [-0.15, -0.1) is 0 Å². The molecule has 0 saturated carbocycles. The average Bonchev–Trinajstić information content (AvgIpc) is 2.99. The Hall–Kier alpha value is -2.49. The van der Waals surface area contributed by atoms with Crippen molar-refractivity contribution in [3.63, 3.8) is 0 Å². The molecule has 2 aliphatic heterocycles. The molecule has 0 aromatic heterocycles. The number of benzene rings is 2. The van der Waals surface area contributed by atoms with E-state index in [1.165, 1.54) is 5.56 Å². The highest BCUT2D eigenvalue weighted by molar-refractivity contribution is 6.06. The standard InChI is InChI=1S/C17H16N2O2/c1-20-12-8-6-11(7-9-12)16-14-10-21-15-5-3-2-4-13(15)17(14)19-18-16/h2-9,14,16,18H,10H2,1H3/t14-,16+/m1/s1. The number of rotatable bonds is 2. The molecular formula is C17H16N2O2. The van der Waals surface area contributed by atoms with Gasteiger partial charge in [-0.05, 0) is 29.8 Å². The Morgan fingerprint density at radius 3 is 2.76 bits per heavy atom. The van der Waals surface area contributed by atoms with Crippen molar-refractivity contribution in [1.29, 1.82) is 0 Å². The van der Waals surface area contributed by atoms with Crippen LogP contribution >= 0.6 is 0 Å². The van der Waals surface area contributed by atoms with Crippen LogP contribution in [0.5, 0.6) is 11.5 Å². The van der Waals surface area contributed by atoms with Crippen molar-refractivity contribution in [1.82, 2.24) is 5.43 Å². The first-order valence-electron chi connectivity index (χ1n) is 7.06. The van der Waals surface area contributed by atoms with E-state index in [0.29, 0.717) is 6.61 Å². The van der Waals surface area contributed by atoms with Gasteiger partial charge in [-0.1, -0.05) is 24.3 Å². The Morgan fingerprint density at radius 1 is 1.14 bits per heavy atom. The summed E-state index contributed by atoms with van der Waals surface area (Å²) in [5.74, 6) is 2.03. The van der Waals surface area contributed by atoms with E-state index >= 15 is 0 Å². The van der Waals surface area contributed by atoms with Gasteiger partial charge in [0.25, 0.3) is 0 Å². The normalized spacial score (nSPS) is 22.4. The molecule has 0 bridgehead atoms. The van der Waals surface area contributed by atoms with E-state index < -0.39 is 0 Å². The van der Waals surface area contributed by atoms with Gasteiger partial charge in [-0.25, -0.2) is 0 Å². The van der Waals surface area contributed by atoms with Crippen molar-refractivity contribution in [3.05, 3.63) is 59.7 Å². The quantitative estimate of drug-likeness (QED) is 0.920. The monoisotopic (exact) mass is 280 g/mol. The summed E-state index contributed by atoms with van der Waals surface area (Å²) in [5, 5.41) is 4.55. The maximum Gasteiger partial charge on any atom is 0.128 e. The van der Waals surface area contributed by atoms with Crippen molar-refractivity contribution in [2.24, 2.45) is 11.0 Å². The topological polar surface area (TPSA) is 42.8 Å². The van der Waals surface area contributed by atoms with Gasteiger partial charge in [0, 0.05) is 5.56 Å². The van der Waals surface area contributed by atoms with Crippen LogP contribution in [0.4, 0.5) is 0 Å². The molecule has 0 radical (unpaired) electrons. The summed E-state index contributed by atoms with van der Waals surface area (Å²) in [6.07, 6.45) is 0. The molecule has 0 aliphatic carbocycles. The molecule has 0 fully saturated rings. The molecule has 2 aliphatic rings. The van der Waals surface area contributed by atoms with Gasteiger partial charge in [0.05, 0.1) is 31.4 Å². The Bertz CT molecular complexity index is 694. The highest BCUT2D eigenvalue weighted by Crippen LogP contribution is 2.37. The molecule has 106 valence electrons. The van der Waals surface area contributed by atoms with E-state index in [2.05, 4.69) is 28.7 Å². The lowest BCUT2D eigenvalue weighted by Crippen LogP contribution is -2.31. The number of para-hydroxylation sites is 1. The predicted octanol–water partition coefficient (Wildman–Crippen LogP) is 2.75. The molecule has 2 heterocycles. The van der Waals surface area contributed by atoms with Crippen LogP contribution in [0.25, 0.3) is 0 Å². The molecule has 4 nitrogen and oxygen atoms in total. The van der Waals surface area contributed by atoms with E-state index in [-0.39, 0.29) is 12.0 Å². The molecule has 2 aromatic carbocycles. The lowest BCUT2D eigenvalue weighted by molar-refractivity contribution is 0.254. The maximum atomic E-state index is 5.89. The number of nitrogens with zero attached hydrogens (tertiary/aromatic N) is 1. The third kappa shape index (κ3) is 1.95. The summed E-state index contributed by atoms with van der Waals surface area (Å²) in [5.41, 5.74) is 6.65.